The number of aromatic nitrogens is 2. The fraction of sp³-hybridized carbons (Fsp3) is 0.440. The van der Waals surface area contributed by atoms with Crippen molar-refractivity contribution in [1.82, 2.24) is 14.5 Å². The lowest BCUT2D eigenvalue weighted by molar-refractivity contribution is -0.160. The van der Waals surface area contributed by atoms with E-state index < -0.39 is 17.6 Å². The maximum atomic E-state index is 12.5. The highest BCUT2D eigenvalue weighted by Crippen LogP contribution is 2.37. The molecule has 1 aliphatic rings. The molecule has 6 heteroatoms. The number of nitrogens with two attached hydrogens (primary N) is 1. The Balaban J connectivity index is 1.86. The van der Waals surface area contributed by atoms with E-state index in [0.29, 0.717) is 6.42 Å². The Bertz CT molecular complexity index is 1120. The van der Waals surface area contributed by atoms with E-state index in [1.807, 2.05) is 19.1 Å². The van der Waals surface area contributed by atoms with E-state index in [4.69, 9.17) is 10.5 Å². The van der Waals surface area contributed by atoms with Gasteiger partial charge in [0.25, 0.3) is 0 Å². The largest absolute Gasteiger partial charge is 0.453 e. The van der Waals surface area contributed by atoms with Gasteiger partial charge < -0.3 is 19.9 Å². The Labute approximate surface area is 184 Å². The number of likely N-dealkylation sites (N-methyl/N-ethyl adjacent to an activating group) is 1. The Hall–Kier alpha value is -2.70. The highest BCUT2D eigenvalue weighted by atomic mass is 16.6. The van der Waals surface area contributed by atoms with Crippen LogP contribution < -0.4 is 5.73 Å². The van der Waals surface area contributed by atoms with Crippen molar-refractivity contribution in [2.24, 2.45) is 12.8 Å². The number of rotatable bonds is 5. The SMILES string of the molecule is Cc1cc(CC(C)(OC(=O)C(C)N)c2cccnc2)c2c(c1)c1c(n2C)CN(C)CC1. The number of ether oxygens (including phenoxy) is 1. The summed E-state index contributed by atoms with van der Waals surface area (Å²) in [6.07, 6.45) is 5.09. The van der Waals surface area contributed by atoms with Crippen molar-refractivity contribution in [3.05, 3.63) is 64.6 Å². The van der Waals surface area contributed by atoms with E-state index in [2.05, 4.69) is 47.6 Å². The summed E-state index contributed by atoms with van der Waals surface area (Å²) in [6.45, 7) is 7.74. The molecule has 1 aliphatic heterocycles. The van der Waals surface area contributed by atoms with Crippen LogP contribution in [-0.2, 0) is 41.6 Å². The lowest BCUT2D eigenvalue weighted by Gasteiger charge is -2.31. The van der Waals surface area contributed by atoms with Crippen molar-refractivity contribution in [2.45, 2.75) is 51.8 Å². The molecule has 0 saturated heterocycles. The van der Waals surface area contributed by atoms with Gasteiger partial charge in [-0.25, -0.2) is 0 Å². The average Bonchev–Trinajstić information content (AvgIpc) is 3.00. The topological polar surface area (TPSA) is 73.4 Å². The van der Waals surface area contributed by atoms with Crippen LogP contribution in [0.1, 0.15) is 41.8 Å². The van der Waals surface area contributed by atoms with E-state index in [0.717, 1.165) is 25.1 Å². The molecule has 0 saturated carbocycles. The molecule has 164 valence electrons. The first-order valence-electron chi connectivity index (χ1n) is 10.9. The summed E-state index contributed by atoms with van der Waals surface area (Å²) in [4.78, 5) is 19.2. The van der Waals surface area contributed by atoms with E-state index in [1.165, 1.54) is 33.3 Å². The Kier molecular flexibility index (Phi) is 5.62. The predicted molar refractivity (Wildman–Crippen MR) is 123 cm³/mol. The molecule has 0 amide bonds. The number of esters is 1. The summed E-state index contributed by atoms with van der Waals surface area (Å²) >= 11 is 0. The number of pyridine rings is 1. The molecule has 0 aliphatic carbocycles. The van der Waals surface area contributed by atoms with Crippen molar-refractivity contribution in [2.75, 3.05) is 13.6 Å². The van der Waals surface area contributed by atoms with Gasteiger partial charge in [0, 0.05) is 55.6 Å². The zero-order valence-electron chi connectivity index (χ0n) is 19.1. The summed E-state index contributed by atoms with van der Waals surface area (Å²) in [7, 11) is 4.31. The molecule has 1 aromatic carbocycles. The minimum Gasteiger partial charge on any atom is -0.453 e. The number of hydrogen-bond acceptors (Lipinski definition) is 5. The number of aryl methyl sites for hydroxylation is 2. The molecule has 3 aromatic rings. The van der Waals surface area contributed by atoms with Crippen LogP contribution in [0.15, 0.2) is 36.7 Å². The molecule has 2 atom stereocenters. The molecular formula is C25H32N4O2. The molecule has 0 spiro atoms. The molecule has 2 N–H and O–H groups in total. The third kappa shape index (κ3) is 3.98. The molecule has 31 heavy (non-hydrogen) atoms. The normalized spacial score (nSPS) is 17.2. The van der Waals surface area contributed by atoms with Crippen LogP contribution in [0.4, 0.5) is 0 Å². The zero-order chi connectivity index (χ0) is 22.3. The number of nitrogens with zero attached hydrogens (tertiary/aromatic N) is 3. The van der Waals surface area contributed by atoms with Crippen LogP contribution in [0.25, 0.3) is 10.9 Å². The summed E-state index contributed by atoms with van der Waals surface area (Å²) < 4.78 is 8.34. The highest BCUT2D eigenvalue weighted by Gasteiger charge is 2.34. The summed E-state index contributed by atoms with van der Waals surface area (Å²) in [5.74, 6) is -0.414. The third-order valence-electron chi connectivity index (χ3n) is 6.41. The van der Waals surface area contributed by atoms with Crippen molar-refractivity contribution in [1.29, 1.82) is 0 Å². The summed E-state index contributed by atoms with van der Waals surface area (Å²) in [5, 5.41) is 1.31. The number of benzene rings is 1. The Morgan fingerprint density at radius 1 is 1.35 bits per heavy atom. The van der Waals surface area contributed by atoms with Crippen molar-refractivity contribution >= 4 is 16.9 Å². The van der Waals surface area contributed by atoms with Gasteiger partial charge in [-0.2, -0.15) is 0 Å². The minimum atomic E-state index is -0.874. The van der Waals surface area contributed by atoms with Gasteiger partial charge in [-0.05, 0) is 57.5 Å². The molecular weight excluding hydrogens is 388 g/mol. The van der Waals surface area contributed by atoms with E-state index in [1.54, 1.807) is 19.3 Å². The van der Waals surface area contributed by atoms with Gasteiger partial charge in [0.15, 0.2) is 0 Å². The maximum Gasteiger partial charge on any atom is 0.323 e. The first-order valence-corrected chi connectivity index (χ1v) is 10.9. The second kappa shape index (κ2) is 8.09. The highest BCUT2D eigenvalue weighted by molar-refractivity contribution is 5.89. The van der Waals surface area contributed by atoms with Crippen LogP contribution in [0.3, 0.4) is 0 Å². The molecule has 6 nitrogen and oxygen atoms in total. The van der Waals surface area contributed by atoms with Gasteiger partial charge in [-0.3, -0.25) is 9.78 Å². The average molecular weight is 421 g/mol. The smallest absolute Gasteiger partial charge is 0.323 e. The number of carbonyl (C=O) groups excluding carboxylic acids is 1. The van der Waals surface area contributed by atoms with Crippen LogP contribution in [0.2, 0.25) is 0 Å². The van der Waals surface area contributed by atoms with Gasteiger partial charge in [0.1, 0.15) is 11.6 Å². The number of fused-ring (bicyclic) bond motifs is 3. The lowest BCUT2D eigenvalue weighted by atomic mass is 9.87. The molecule has 0 radical (unpaired) electrons. The van der Waals surface area contributed by atoms with Crippen molar-refractivity contribution in [3.63, 3.8) is 0 Å². The summed E-state index contributed by atoms with van der Waals surface area (Å²) in [6, 6.07) is 7.64. The minimum absolute atomic E-state index is 0.414. The molecule has 0 bridgehead atoms. The predicted octanol–water partition coefficient (Wildman–Crippen LogP) is 3.22. The zero-order valence-corrected chi connectivity index (χ0v) is 19.1. The summed E-state index contributed by atoms with van der Waals surface area (Å²) in [5.41, 5.74) is 12.2. The fourth-order valence-corrected chi connectivity index (χ4v) is 4.78. The van der Waals surface area contributed by atoms with Crippen molar-refractivity contribution in [3.8, 4) is 0 Å². The van der Waals surface area contributed by atoms with E-state index in [9.17, 15) is 4.79 Å². The molecule has 3 heterocycles. The molecule has 0 fully saturated rings. The van der Waals surface area contributed by atoms with Crippen LogP contribution in [0.5, 0.6) is 0 Å². The van der Waals surface area contributed by atoms with Gasteiger partial charge in [0.05, 0.1) is 5.52 Å². The maximum absolute atomic E-state index is 12.5. The van der Waals surface area contributed by atoms with Gasteiger partial charge >= 0.3 is 5.97 Å². The fourth-order valence-electron chi connectivity index (χ4n) is 4.78. The molecule has 4 rings (SSSR count). The first-order chi connectivity index (χ1) is 14.7. The third-order valence-corrected chi connectivity index (χ3v) is 6.41. The van der Waals surface area contributed by atoms with Gasteiger partial charge in [0.2, 0.25) is 0 Å². The second-order valence-corrected chi connectivity index (χ2v) is 9.15. The number of hydrogen-bond donors (Lipinski definition) is 1. The Morgan fingerprint density at radius 3 is 2.81 bits per heavy atom. The quantitative estimate of drug-likeness (QED) is 0.642. The standard InChI is InChI=1S/C25H32N4O2/c1-16-11-18(23-21(12-16)20-8-10-28(4)15-22(20)29(23)5)13-25(3,31-24(30)17(2)26)19-7-6-9-27-14-19/h6-7,9,11-12,14,17H,8,10,13,15,26H2,1-5H3. The monoisotopic (exact) mass is 420 g/mol. The second-order valence-electron chi connectivity index (χ2n) is 9.15. The van der Waals surface area contributed by atoms with Gasteiger partial charge in [-0.15, -0.1) is 0 Å². The number of carbonyl (C=O) groups is 1. The van der Waals surface area contributed by atoms with E-state index in [-0.39, 0.29) is 0 Å². The van der Waals surface area contributed by atoms with E-state index >= 15 is 0 Å². The Morgan fingerprint density at radius 2 is 2.13 bits per heavy atom. The van der Waals surface area contributed by atoms with Crippen LogP contribution in [-0.4, -0.2) is 40.1 Å². The molecule has 2 unspecified atom stereocenters. The van der Waals surface area contributed by atoms with Crippen LogP contribution in [0, 0.1) is 6.92 Å². The first kappa shape index (κ1) is 21.5. The molecule has 2 aromatic heterocycles. The lowest BCUT2D eigenvalue weighted by Crippen LogP contribution is -2.38. The van der Waals surface area contributed by atoms with Crippen LogP contribution >= 0.6 is 0 Å². The van der Waals surface area contributed by atoms with Crippen molar-refractivity contribution < 1.29 is 9.53 Å². The van der Waals surface area contributed by atoms with Gasteiger partial charge in [-0.1, -0.05) is 17.7 Å².